The lowest BCUT2D eigenvalue weighted by molar-refractivity contribution is -0.147. The summed E-state index contributed by atoms with van der Waals surface area (Å²) in [7, 11) is 3.69. The molecule has 1 saturated heterocycles. The monoisotopic (exact) mass is 272 g/mol. The van der Waals surface area contributed by atoms with Crippen molar-refractivity contribution in [1.29, 1.82) is 0 Å². The Morgan fingerprint density at radius 2 is 2.00 bits per heavy atom. The third-order valence-electron chi connectivity index (χ3n) is 3.61. The fourth-order valence-corrected chi connectivity index (χ4v) is 2.46. The Morgan fingerprint density at radius 1 is 1.42 bits per heavy atom. The van der Waals surface area contributed by atoms with Gasteiger partial charge in [0.2, 0.25) is 5.91 Å². The average molecular weight is 272 g/mol. The van der Waals surface area contributed by atoms with Gasteiger partial charge in [-0.2, -0.15) is 0 Å². The molecule has 0 bridgehead atoms. The van der Waals surface area contributed by atoms with E-state index in [0.29, 0.717) is 13.1 Å². The minimum Gasteiger partial charge on any atom is -0.385 e. The number of likely N-dealkylation sites (N-methyl/N-ethyl adjacent to an activating group) is 1. The van der Waals surface area contributed by atoms with E-state index in [4.69, 9.17) is 9.47 Å². The zero-order valence-corrected chi connectivity index (χ0v) is 12.9. The van der Waals surface area contributed by atoms with Gasteiger partial charge in [-0.1, -0.05) is 0 Å². The lowest BCUT2D eigenvalue weighted by Gasteiger charge is -2.38. The number of carbonyl (C=O) groups excluding carboxylic acids is 1. The van der Waals surface area contributed by atoms with Crippen LogP contribution in [0, 0.1) is 0 Å². The van der Waals surface area contributed by atoms with Crippen molar-refractivity contribution >= 4 is 5.91 Å². The van der Waals surface area contributed by atoms with Gasteiger partial charge in [-0.25, -0.2) is 0 Å². The number of methoxy groups -OCH3 is 1. The second-order valence-electron chi connectivity index (χ2n) is 5.50. The second-order valence-corrected chi connectivity index (χ2v) is 5.50. The Morgan fingerprint density at radius 3 is 2.53 bits per heavy atom. The molecule has 0 radical (unpaired) electrons. The molecule has 0 saturated carbocycles. The van der Waals surface area contributed by atoms with Crippen LogP contribution in [0.25, 0.3) is 0 Å². The summed E-state index contributed by atoms with van der Waals surface area (Å²) < 4.78 is 10.7. The standard InChI is InChI=1S/C14H28N2O3/c1-11-9-16(10-12(2)19-11)14(17)13(3)15(4)7-6-8-18-5/h11-13H,6-10H2,1-5H3. The van der Waals surface area contributed by atoms with Crippen LogP contribution in [0.1, 0.15) is 27.2 Å². The molecule has 19 heavy (non-hydrogen) atoms. The van der Waals surface area contributed by atoms with Crippen LogP contribution in [0.3, 0.4) is 0 Å². The highest BCUT2D eigenvalue weighted by molar-refractivity contribution is 5.81. The summed E-state index contributed by atoms with van der Waals surface area (Å²) in [6, 6.07) is -0.0886. The summed E-state index contributed by atoms with van der Waals surface area (Å²) in [5, 5.41) is 0. The van der Waals surface area contributed by atoms with Crippen LogP contribution in [-0.2, 0) is 14.3 Å². The molecular weight excluding hydrogens is 244 g/mol. The highest BCUT2D eigenvalue weighted by atomic mass is 16.5. The van der Waals surface area contributed by atoms with E-state index in [-0.39, 0.29) is 24.2 Å². The first-order valence-electron chi connectivity index (χ1n) is 7.09. The van der Waals surface area contributed by atoms with Crippen molar-refractivity contribution in [3.63, 3.8) is 0 Å². The van der Waals surface area contributed by atoms with Gasteiger partial charge in [0.25, 0.3) is 0 Å². The van der Waals surface area contributed by atoms with Gasteiger partial charge in [-0.3, -0.25) is 9.69 Å². The summed E-state index contributed by atoms with van der Waals surface area (Å²) in [6.07, 6.45) is 1.19. The predicted octanol–water partition coefficient (Wildman–Crippen LogP) is 0.979. The molecule has 1 fully saturated rings. The van der Waals surface area contributed by atoms with Crippen molar-refractivity contribution in [2.75, 3.05) is 40.4 Å². The molecule has 1 heterocycles. The van der Waals surface area contributed by atoms with Gasteiger partial charge in [-0.15, -0.1) is 0 Å². The quantitative estimate of drug-likeness (QED) is 0.676. The molecule has 0 aliphatic carbocycles. The van der Waals surface area contributed by atoms with E-state index in [9.17, 15) is 4.79 Å². The largest absolute Gasteiger partial charge is 0.385 e. The highest BCUT2D eigenvalue weighted by Crippen LogP contribution is 2.13. The molecule has 0 aromatic rings. The Balaban J connectivity index is 2.46. The maximum Gasteiger partial charge on any atom is 0.239 e. The second kappa shape index (κ2) is 7.82. The first-order chi connectivity index (χ1) is 8.95. The number of amides is 1. The summed E-state index contributed by atoms with van der Waals surface area (Å²) in [5.74, 6) is 0.196. The topological polar surface area (TPSA) is 42.0 Å². The maximum absolute atomic E-state index is 12.5. The number of rotatable bonds is 6. The third-order valence-corrected chi connectivity index (χ3v) is 3.61. The Labute approximate surface area is 116 Å². The van der Waals surface area contributed by atoms with Crippen LogP contribution < -0.4 is 0 Å². The van der Waals surface area contributed by atoms with Crippen LogP contribution >= 0.6 is 0 Å². The van der Waals surface area contributed by atoms with Gasteiger partial charge in [0.1, 0.15) is 0 Å². The van der Waals surface area contributed by atoms with Gasteiger partial charge < -0.3 is 14.4 Å². The van der Waals surface area contributed by atoms with Crippen LogP contribution in [0.5, 0.6) is 0 Å². The third kappa shape index (κ3) is 5.09. The number of hydrogen-bond acceptors (Lipinski definition) is 4. The number of morpholine rings is 1. The van der Waals surface area contributed by atoms with Crippen molar-refractivity contribution in [3.8, 4) is 0 Å². The number of carbonyl (C=O) groups is 1. The van der Waals surface area contributed by atoms with E-state index in [0.717, 1.165) is 19.6 Å². The summed E-state index contributed by atoms with van der Waals surface area (Å²) in [6.45, 7) is 9.00. The van der Waals surface area contributed by atoms with E-state index in [2.05, 4.69) is 4.90 Å². The molecule has 5 heteroatoms. The fraction of sp³-hybridized carbons (Fsp3) is 0.929. The van der Waals surface area contributed by atoms with Crippen molar-refractivity contribution in [2.45, 2.75) is 45.4 Å². The van der Waals surface area contributed by atoms with Gasteiger partial charge in [-0.05, 0) is 34.2 Å². The molecule has 3 unspecified atom stereocenters. The smallest absolute Gasteiger partial charge is 0.239 e. The number of ether oxygens (including phenoxy) is 2. The predicted molar refractivity (Wildman–Crippen MR) is 75.2 cm³/mol. The van der Waals surface area contributed by atoms with Crippen molar-refractivity contribution < 1.29 is 14.3 Å². The summed E-state index contributed by atoms with van der Waals surface area (Å²) in [4.78, 5) is 16.5. The van der Waals surface area contributed by atoms with E-state index in [1.165, 1.54) is 0 Å². The lowest BCUT2D eigenvalue weighted by atomic mass is 10.2. The normalized spacial score (nSPS) is 25.7. The minimum absolute atomic E-state index is 0.0886. The molecule has 1 aliphatic rings. The Kier molecular flexibility index (Phi) is 6.75. The van der Waals surface area contributed by atoms with E-state index < -0.39 is 0 Å². The first-order valence-corrected chi connectivity index (χ1v) is 7.09. The maximum atomic E-state index is 12.5. The molecule has 0 spiro atoms. The Hall–Kier alpha value is -0.650. The lowest BCUT2D eigenvalue weighted by Crippen LogP contribution is -2.53. The van der Waals surface area contributed by atoms with Crippen molar-refractivity contribution in [2.24, 2.45) is 0 Å². The summed E-state index contributed by atoms with van der Waals surface area (Å²) >= 11 is 0. The highest BCUT2D eigenvalue weighted by Gasteiger charge is 2.29. The molecule has 1 rings (SSSR count). The van der Waals surface area contributed by atoms with Gasteiger partial charge in [0.05, 0.1) is 18.2 Å². The number of hydrogen-bond donors (Lipinski definition) is 0. The van der Waals surface area contributed by atoms with Gasteiger partial charge in [0.15, 0.2) is 0 Å². The fourth-order valence-electron chi connectivity index (χ4n) is 2.46. The zero-order valence-electron chi connectivity index (χ0n) is 12.9. The molecule has 0 aromatic carbocycles. The average Bonchev–Trinajstić information content (AvgIpc) is 2.36. The Bertz CT molecular complexity index is 276. The molecule has 0 N–H and O–H groups in total. The summed E-state index contributed by atoms with van der Waals surface area (Å²) in [5.41, 5.74) is 0. The first kappa shape index (κ1) is 16.4. The van der Waals surface area contributed by atoms with E-state index in [1.807, 2.05) is 32.7 Å². The van der Waals surface area contributed by atoms with Crippen molar-refractivity contribution in [3.05, 3.63) is 0 Å². The number of nitrogens with zero attached hydrogens (tertiary/aromatic N) is 2. The van der Waals surface area contributed by atoms with E-state index >= 15 is 0 Å². The van der Waals surface area contributed by atoms with Gasteiger partial charge >= 0.3 is 0 Å². The van der Waals surface area contributed by atoms with Crippen LogP contribution in [0.15, 0.2) is 0 Å². The SMILES string of the molecule is COCCCN(C)C(C)C(=O)N1CC(C)OC(C)C1. The van der Waals surface area contributed by atoms with Crippen molar-refractivity contribution in [1.82, 2.24) is 9.80 Å². The molecular formula is C14H28N2O3. The molecule has 1 aliphatic heterocycles. The molecule has 1 amide bonds. The van der Waals surface area contributed by atoms with Crippen LogP contribution in [0.2, 0.25) is 0 Å². The molecule has 112 valence electrons. The van der Waals surface area contributed by atoms with Crippen LogP contribution in [0.4, 0.5) is 0 Å². The van der Waals surface area contributed by atoms with E-state index in [1.54, 1.807) is 7.11 Å². The molecule has 3 atom stereocenters. The molecule has 0 aromatic heterocycles. The van der Waals surface area contributed by atoms with Crippen LogP contribution in [-0.4, -0.2) is 74.4 Å². The zero-order chi connectivity index (χ0) is 14.4. The minimum atomic E-state index is -0.0886. The van der Waals surface area contributed by atoms with Gasteiger partial charge in [0, 0.05) is 33.4 Å². The molecule has 5 nitrogen and oxygen atoms in total.